The Labute approximate surface area is 122 Å². The number of ketones is 1. The van der Waals surface area contributed by atoms with Crippen molar-refractivity contribution < 1.29 is 14.3 Å². The first-order valence-electron chi connectivity index (χ1n) is 5.88. The molecule has 2 aromatic rings. The van der Waals surface area contributed by atoms with Gasteiger partial charge >= 0.3 is 0 Å². The lowest BCUT2D eigenvalue weighted by Gasteiger charge is -2.11. The molecule has 0 aliphatic heterocycles. The highest BCUT2D eigenvalue weighted by atomic mass is 35.5. The van der Waals surface area contributed by atoms with Gasteiger partial charge in [-0.15, -0.1) is 0 Å². The average Bonchev–Trinajstić information content (AvgIpc) is 2.46. The van der Waals surface area contributed by atoms with Crippen LogP contribution < -0.4 is 15.2 Å². The van der Waals surface area contributed by atoms with Crippen LogP contribution in [0, 0.1) is 0 Å². The fraction of sp³-hybridized carbons (Fsp3) is 0.133. The maximum Gasteiger partial charge on any atom is 0.198 e. The zero-order valence-corrected chi connectivity index (χ0v) is 11.9. The van der Waals surface area contributed by atoms with Gasteiger partial charge < -0.3 is 15.2 Å². The molecule has 0 radical (unpaired) electrons. The molecule has 0 amide bonds. The zero-order chi connectivity index (χ0) is 14.7. The van der Waals surface area contributed by atoms with E-state index in [1.165, 1.54) is 14.2 Å². The van der Waals surface area contributed by atoms with E-state index in [2.05, 4.69) is 0 Å². The summed E-state index contributed by atoms with van der Waals surface area (Å²) in [5.41, 5.74) is 6.94. The molecule has 4 nitrogen and oxygen atoms in total. The summed E-state index contributed by atoms with van der Waals surface area (Å²) in [5.74, 6) is 0.793. The molecule has 0 spiro atoms. The molecule has 0 aliphatic carbocycles. The van der Waals surface area contributed by atoms with E-state index in [1.54, 1.807) is 36.4 Å². The van der Waals surface area contributed by atoms with Gasteiger partial charge in [0.2, 0.25) is 0 Å². The van der Waals surface area contributed by atoms with Crippen molar-refractivity contribution >= 4 is 23.1 Å². The van der Waals surface area contributed by atoms with Gasteiger partial charge in [-0.2, -0.15) is 0 Å². The predicted octanol–water partition coefficient (Wildman–Crippen LogP) is 3.17. The summed E-state index contributed by atoms with van der Waals surface area (Å²) < 4.78 is 10.3. The summed E-state index contributed by atoms with van der Waals surface area (Å²) in [7, 11) is 3.04. The fourth-order valence-corrected chi connectivity index (χ4v) is 2.06. The number of hydrogen-bond donors (Lipinski definition) is 1. The molecule has 0 saturated heterocycles. The van der Waals surface area contributed by atoms with Crippen LogP contribution in [-0.2, 0) is 0 Å². The van der Waals surface area contributed by atoms with Gasteiger partial charge in [-0.3, -0.25) is 4.79 Å². The third-order valence-electron chi connectivity index (χ3n) is 2.91. The van der Waals surface area contributed by atoms with Crippen molar-refractivity contribution in [1.82, 2.24) is 0 Å². The summed E-state index contributed by atoms with van der Waals surface area (Å²) in [6.45, 7) is 0. The Kier molecular flexibility index (Phi) is 4.15. The van der Waals surface area contributed by atoms with Gasteiger partial charge in [-0.05, 0) is 36.4 Å². The first-order chi connectivity index (χ1) is 9.56. The molecule has 2 N–H and O–H groups in total. The molecule has 0 atom stereocenters. The number of halogens is 1. The molecule has 0 aliphatic rings. The van der Waals surface area contributed by atoms with Crippen LogP contribution in [0.1, 0.15) is 15.9 Å². The van der Waals surface area contributed by atoms with Crippen molar-refractivity contribution in [2.45, 2.75) is 0 Å². The van der Waals surface area contributed by atoms with Crippen molar-refractivity contribution in [2.24, 2.45) is 0 Å². The molecule has 0 aromatic heterocycles. The zero-order valence-electron chi connectivity index (χ0n) is 11.1. The second-order valence-corrected chi connectivity index (χ2v) is 4.56. The lowest BCUT2D eigenvalue weighted by molar-refractivity contribution is 0.103. The van der Waals surface area contributed by atoms with E-state index >= 15 is 0 Å². The normalized spacial score (nSPS) is 10.2. The lowest BCUT2D eigenvalue weighted by Crippen LogP contribution is -2.07. The molecule has 0 fully saturated rings. The highest BCUT2D eigenvalue weighted by molar-refractivity contribution is 6.31. The van der Waals surface area contributed by atoms with Gasteiger partial charge in [0, 0.05) is 16.3 Å². The number of nitrogens with two attached hydrogens (primary N) is 1. The number of benzene rings is 2. The number of carbonyl (C=O) groups is 1. The minimum atomic E-state index is -0.241. The molecule has 0 heterocycles. The summed E-state index contributed by atoms with van der Waals surface area (Å²) in [6.07, 6.45) is 0. The Morgan fingerprint density at radius 3 is 2.40 bits per heavy atom. The van der Waals surface area contributed by atoms with E-state index in [1.807, 2.05) is 0 Å². The van der Waals surface area contributed by atoms with Crippen LogP contribution >= 0.6 is 11.6 Å². The monoisotopic (exact) mass is 291 g/mol. The van der Waals surface area contributed by atoms with E-state index in [0.717, 1.165) is 0 Å². The molecular weight excluding hydrogens is 278 g/mol. The van der Waals surface area contributed by atoms with E-state index in [0.29, 0.717) is 33.3 Å². The highest BCUT2D eigenvalue weighted by Crippen LogP contribution is 2.28. The number of carbonyl (C=O) groups excluding carboxylic acids is 1. The summed E-state index contributed by atoms with van der Waals surface area (Å²) in [5, 5.41) is 0.483. The molecule has 104 valence electrons. The maximum atomic E-state index is 12.6. The Morgan fingerprint density at radius 1 is 1.05 bits per heavy atom. The van der Waals surface area contributed by atoms with Gasteiger partial charge in [0.05, 0.1) is 19.8 Å². The van der Waals surface area contributed by atoms with Crippen LogP contribution in [0.2, 0.25) is 5.02 Å². The number of rotatable bonds is 4. The molecule has 2 aromatic carbocycles. The van der Waals surface area contributed by atoms with Gasteiger partial charge in [0.25, 0.3) is 0 Å². The largest absolute Gasteiger partial charge is 0.497 e. The minimum absolute atomic E-state index is 0.241. The SMILES string of the molecule is COc1ccc(OC)c(C(=O)c2ccc(Cl)cc2N)c1. The standard InChI is InChI=1S/C15H14ClNO3/c1-19-10-4-6-14(20-2)12(8-10)15(18)11-5-3-9(16)7-13(11)17/h3-8H,17H2,1-2H3. The third-order valence-corrected chi connectivity index (χ3v) is 3.14. The molecular formula is C15H14ClNO3. The van der Waals surface area contributed by atoms with Crippen molar-refractivity contribution in [3.8, 4) is 11.5 Å². The lowest BCUT2D eigenvalue weighted by atomic mass is 10.0. The van der Waals surface area contributed by atoms with Gasteiger partial charge in [-0.1, -0.05) is 11.6 Å². The van der Waals surface area contributed by atoms with Crippen LogP contribution in [0.3, 0.4) is 0 Å². The van der Waals surface area contributed by atoms with Crippen LogP contribution in [-0.4, -0.2) is 20.0 Å². The van der Waals surface area contributed by atoms with Crippen molar-refractivity contribution in [1.29, 1.82) is 0 Å². The van der Waals surface area contributed by atoms with Gasteiger partial charge in [0.1, 0.15) is 11.5 Å². The molecule has 20 heavy (non-hydrogen) atoms. The Balaban J connectivity index is 2.51. The molecule has 0 unspecified atom stereocenters. The van der Waals surface area contributed by atoms with Crippen molar-refractivity contribution in [3.05, 3.63) is 52.5 Å². The predicted molar refractivity (Wildman–Crippen MR) is 78.8 cm³/mol. The number of nitrogen functional groups attached to an aromatic ring is 1. The molecule has 5 heteroatoms. The Hall–Kier alpha value is -2.20. The summed E-state index contributed by atoms with van der Waals surface area (Å²) in [4.78, 5) is 12.6. The second-order valence-electron chi connectivity index (χ2n) is 4.13. The number of hydrogen-bond acceptors (Lipinski definition) is 4. The Bertz CT molecular complexity index is 656. The van der Waals surface area contributed by atoms with Crippen LogP contribution in [0.15, 0.2) is 36.4 Å². The maximum absolute atomic E-state index is 12.6. The molecule has 0 bridgehead atoms. The number of methoxy groups -OCH3 is 2. The first kappa shape index (κ1) is 14.2. The number of ether oxygens (including phenoxy) is 2. The van der Waals surface area contributed by atoms with E-state index < -0.39 is 0 Å². The van der Waals surface area contributed by atoms with Crippen molar-refractivity contribution in [2.75, 3.05) is 20.0 Å². The number of anilines is 1. The van der Waals surface area contributed by atoms with Crippen LogP contribution in [0.4, 0.5) is 5.69 Å². The summed E-state index contributed by atoms with van der Waals surface area (Å²) in [6, 6.07) is 9.78. The highest BCUT2D eigenvalue weighted by Gasteiger charge is 2.18. The third kappa shape index (κ3) is 2.70. The topological polar surface area (TPSA) is 61.5 Å². The van der Waals surface area contributed by atoms with E-state index in [9.17, 15) is 4.79 Å². The van der Waals surface area contributed by atoms with E-state index in [-0.39, 0.29) is 5.78 Å². The quantitative estimate of drug-likeness (QED) is 0.694. The fourth-order valence-electron chi connectivity index (χ4n) is 1.88. The Morgan fingerprint density at radius 2 is 1.80 bits per heavy atom. The second kappa shape index (κ2) is 5.84. The molecule has 0 saturated carbocycles. The van der Waals surface area contributed by atoms with Crippen LogP contribution in [0.5, 0.6) is 11.5 Å². The van der Waals surface area contributed by atoms with Crippen LogP contribution in [0.25, 0.3) is 0 Å². The van der Waals surface area contributed by atoms with E-state index in [4.69, 9.17) is 26.8 Å². The van der Waals surface area contributed by atoms with Gasteiger partial charge in [-0.25, -0.2) is 0 Å². The van der Waals surface area contributed by atoms with Crippen molar-refractivity contribution in [3.63, 3.8) is 0 Å². The average molecular weight is 292 g/mol. The molecule has 2 rings (SSSR count). The van der Waals surface area contributed by atoms with Gasteiger partial charge in [0.15, 0.2) is 5.78 Å². The minimum Gasteiger partial charge on any atom is -0.497 e. The summed E-state index contributed by atoms with van der Waals surface area (Å²) >= 11 is 5.84. The smallest absolute Gasteiger partial charge is 0.198 e. The first-order valence-corrected chi connectivity index (χ1v) is 6.26.